The standard InChI is InChI=1S/C23H36N2O4/c1-17(2)25-12-10-19(11-13-25)29-22-15-18(8-9-21(22)27-4)23(26)24(3)16-20-7-5-6-14-28-20/h8-9,15,17,19-20H,5-7,10-14,16H2,1-4H3. The van der Waals surface area contributed by atoms with Crippen LogP contribution in [0.2, 0.25) is 0 Å². The normalized spacial score (nSPS) is 21.2. The van der Waals surface area contributed by atoms with E-state index in [1.54, 1.807) is 12.0 Å². The van der Waals surface area contributed by atoms with Crippen molar-refractivity contribution in [1.29, 1.82) is 0 Å². The van der Waals surface area contributed by atoms with Crippen molar-refractivity contribution < 1.29 is 19.0 Å². The summed E-state index contributed by atoms with van der Waals surface area (Å²) >= 11 is 0. The van der Waals surface area contributed by atoms with Gasteiger partial charge in [0.05, 0.1) is 13.2 Å². The third kappa shape index (κ3) is 5.86. The number of rotatable bonds is 7. The van der Waals surface area contributed by atoms with Crippen molar-refractivity contribution in [3.05, 3.63) is 23.8 Å². The van der Waals surface area contributed by atoms with Crippen LogP contribution in [0.1, 0.15) is 56.3 Å². The number of benzene rings is 1. The summed E-state index contributed by atoms with van der Waals surface area (Å²) in [4.78, 5) is 17.2. The lowest BCUT2D eigenvalue weighted by Crippen LogP contribution is -2.41. The summed E-state index contributed by atoms with van der Waals surface area (Å²) in [6.45, 7) is 7.95. The molecule has 0 spiro atoms. The number of piperidine rings is 1. The molecule has 0 aromatic heterocycles. The summed E-state index contributed by atoms with van der Waals surface area (Å²) in [5.41, 5.74) is 0.624. The number of carbonyl (C=O) groups excluding carboxylic acids is 1. The topological polar surface area (TPSA) is 51.2 Å². The van der Waals surface area contributed by atoms with Gasteiger partial charge in [-0.2, -0.15) is 0 Å². The summed E-state index contributed by atoms with van der Waals surface area (Å²) in [6, 6.07) is 6.04. The second kappa shape index (κ2) is 10.3. The molecule has 3 rings (SSSR count). The molecule has 1 aromatic carbocycles. The fourth-order valence-electron chi connectivity index (χ4n) is 4.15. The minimum Gasteiger partial charge on any atom is -0.493 e. The Bertz CT molecular complexity index is 665. The van der Waals surface area contributed by atoms with Crippen molar-refractivity contribution in [2.24, 2.45) is 0 Å². The Hall–Kier alpha value is -1.79. The Kier molecular flexibility index (Phi) is 7.78. The number of ether oxygens (including phenoxy) is 3. The minimum atomic E-state index is -0.0127. The predicted octanol–water partition coefficient (Wildman–Crippen LogP) is 3.59. The number of hydrogen-bond acceptors (Lipinski definition) is 5. The first-order chi connectivity index (χ1) is 14.0. The summed E-state index contributed by atoms with van der Waals surface area (Å²) in [7, 11) is 3.48. The lowest BCUT2D eigenvalue weighted by atomic mass is 10.1. The Balaban J connectivity index is 1.64. The number of hydrogen-bond donors (Lipinski definition) is 0. The van der Waals surface area contributed by atoms with Gasteiger partial charge in [-0.1, -0.05) is 0 Å². The molecule has 1 aromatic rings. The number of likely N-dealkylation sites (tertiary alicyclic amines) is 1. The van der Waals surface area contributed by atoms with Crippen molar-refractivity contribution in [2.45, 2.75) is 64.2 Å². The summed E-state index contributed by atoms with van der Waals surface area (Å²) in [5.74, 6) is 1.32. The van der Waals surface area contributed by atoms with Gasteiger partial charge >= 0.3 is 0 Å². The highest BCUT2D eigenvalue weighted by atomic mass is 16.5. The first kappa shape index (κ1) is 21.9. The van der Waals surface area contributed by atoms with E-state index in [0.717, 1.165) is 45.4 Å². The second-order valence-corrected chi connectivity index (χ2v) is 8.49. The van der Waals surface area contributed by atoms with Crippen LogP contribution in [0.3, 0.4) is 0 Å². The third-order valence-electron chi connectivity index (χ3n) is 6.01. The quantitative estimate of drug-likeness (QED) is 0.695. The molecule has 0 N–H and O–H groups in total. The van der Waals surface area contributed by atoms with Crippen LogP contribution in [0.15, 0.2) is 18.2 Å². The van der Waals surface area contributed by atoms with E-state index in [1.807, 2.05) is 25.2 Å². The van der Waals surface area contributed by atoms with Gasteiger partial charge in [0.25, 0.3) is 5.91 Å². The van der Waals surface area contributed by atoms with E-state index >= 15 is 0 Å². The van der Waals surface area contributed by atoms with Gasteiger partial charge in [0, 0.05) is 44.9 Å². The van der Waals surface area contributed by atoms with E-state index in [1.165, 1.54) is 6.42 Å². The molecule has 0 radical (unpaired) electrons. The van der Waals surface area contributed by atoms with Gasteiger partial charge in [-0.05, 0) is 64.2 Å². The highest BCUT2D eigenvalue weighted by molar-refractivity contribution is 5.94. The van der Waals surface area contributed by atoms with Crippen LogP contribution >= 0.6 is 0 Å². The maximum absolute atomic E-state index is 12.9. The van der Waals surface area contributed by atoms with Crippen LogP contribution in [0.4, 0.5) is 0 Å². The first-order valence-corrected chi connectivity index (χ1v) is 10.9. The SMILES string of the molecule is COc1ccc(C(=O)N(C)CC2CCCCO2)cc1OC1CCN(C(C)C)CC1. The Morgan fingerprint density at radius 1 is 1.21 bits per heavy atom. The Morgan fingerprint density at radius 3 is 2.59 bits per heavy atom. The van der Waals surface area contributed by atoms with E-state index in [4.69, 9.17) is 14.2 Å². The maximum atomic E-state index is 12.9. The average Bonchev–Trinajstić information content (AvgIpc) is 2.74. The van der Waals surface area contributed by atoms with Crippen LogP contribution in [-0.2, 0) is 4.74 Å². The molecule has 1 atom stereocenters. The molecule has 162 valence electrons. The molecule has 1 amide bonds. The molecule has 6 nitrogen and oxygen atoms in total. The molecule has 6 heteroatoms. The van der Waals surface area contributed by atoms with Gasteiger partial charge in [0.15, 0.2) is 11.5 Å². The molecule has 0 aliphatic carbocycles. The average molecular weight is 405 g/mol. The molecule has 2 aliphatic heterocycles. The van der Waals surface area contributed by atoms with Gasteiger partial charge in [-0.15, -0.1) is 0 Å². The fraction of sp³-hybridized carbons (Fsp3) is 0.696. The molecule has 0 bridgehead atoms. The van der Waals surface area contributed by atoms with E-state index in [2.05, 4.69) is 18.7 Å². The molecule has 29 heavy (non-hydrogen) atoms. The number of amides is 1. The maximum Gasteiger partial charge on any atom is 0.253 e. The van der Waals surface area contributed by atoms with E-state index in [-0.39, 0.29) is 18.1 Å². The predicted molar refractivity (Wildman–Crippen MR) is 114 cm³/mol. The van der Waals surface area contributed by atoms with Crippen molar-refractivity contribution in [1.82, 2.24) is 9.80 Å². The number of likely N-dealkylation sites (N-methyl/N-ethyl adjacent to an activating group) is 1. The zero-order valence-corrected chi connectivity index (χ0v) is 18.4. The van der Waals surface area contributed by atoms with Crippen LogP contribution in [0.5, 0.6) is 11.5 Å². The number of carbonyl (C=O) groups is 1. The van der Waals surface area contributed by atoms with Crippen LogP contribution in [0.25, 0.3) is 0 Å². The number of nitrogens with zero attached hydrogens (tertiary/aromatic N) is 2. The van der Waals surface area contributed by atoms with Crippen molar-refractivity contribution in [3.63, 3.8) is 0 Å². The smallest absolute Gasteiger partial charge is 0.253 e. The van der Waals surface area contributed by atoms with Gasteiger partial charge < -0.3 is 24.0 Å². The summed E-state index contributed by atoms with van der Waals surface area (Å²) < 4.78 is 17.5. The third-order valence-corrected chi connectivity index (χ3v) is 6.01. The molecule has 2 heterocycles. The van der Waals surface area contributed by atoms with E-state index in [9.17, 15) is 4.79 Å². The Morgan fingerprint density at radius 2 is 1.97 bits per heavy atom. The fourth-order valence-corrected chi connectivity index (χ4v) is 4.15. The highest BCUT2D eigenvalue weighted by Crippen LogP contribution is 2.31. The lowest BCUT2D eigenvalue weighted by Gasteiger charge is -2.34. The van der Waals surface area contributed by atoms with Crippen molar-refractivity contribution in [2.75, 3.05) is 40.4 Å². The summed E-state index contributed by atoms with van der Waals surface area (Å²) in [6.07, 6.45) is 5.56. The molecular weight excluding hydrogens is 368 g/mol. The zero-order valence-electron chi connectivity index (χ0n) is 18.4. The molecule has 0 saturated carbocycles. The lowest BCUT2D eigenvalue weighted by molar-refractivity contribution is -0.000198. The minimum absolute atomic E-state index is 0.0127. The molecule has 2 saturated heterocycles. The zero-order chi connectivity index (χ0) is 20.8. The van der Waals surface area contributed by atoms with E-state index in [0.29, 0.717) is 29.6 Å². The van der Waals surface area contributed by atoms with Gasteiger partial charge in [-0.25, -0.2) is 0 Å². The monoisotopic (exact) mass is 404 g/mol. The van der Waals surface area contributed by atoms with Crippen molar-refractivity contribution in [3.8, 4) is 11.5 Å². The second-order valence-electron chi connectivity index (χ2n) is 8.49. The number of methoxy groups -OCH3 is 1. The molecule has 2 fully saturated rings. The Labute approximate surface area is 175 Å². The largest absolute Gasteiger partial charge is 0.493 e. The van der Waals surface area contributed by atoms with Crippen LogP contribution in [-0.4, -0.2) is 74.4 Å². The van der Waals surface area contributed by atoms with Gasteiger partial charge in [0.1, 0.15) is 6.10 Å². The van der Waals surface area contributed by atoms with Crippen LogP contribution in [0, 0.1) is 0 Å². The molecule has 2 aliphatic rings. The van der Waals surface area contributed by atoms with Crippen LogP contribution < -0.4 is 9.47 Å². The van der Waals surface area contributed by atoms with Gasteiger partial charge in [0.2, 0.25) is 0 Å². The summed E-state index contributed by atoms with van der Waals surface area (Å²) in [5, 5.41) is 0. The van der Waals surface area contributed by atoms with Crippen molar-refractivity contribution >= 4 is 5.91 Å². The molecular formula is C23H36N2O4. The van der Waals surface area contributed by atoms with Gasteiger partial charge in [-0.3, -0.25) is 4.79 Å². The van der Waals surface area contributed by atoms with E-state index < -0.39 is 0 Å². The molecule has 1 unspecified atom stereocenters. The first-order valence-electron chi connectivity index (χ1n) is 10.9. The highest BCUT2D eigenvalue weighted by Gasteiger charge is 2.24.